The fraction of sp³-hybridized carbons (Fsp3) is 0.333. The number of hydrogen-bond donors (Lipinski definition) is 0. The van der Waals surface area contributed by atoms with Gasteiger partial charge in [0.05, 0.1) is 24.8 Å². The van der Waals surface area contributed by atoms with Gasteiger partial charge in [-0.25, -0.2) is 0 Å². The molecule has 1 fully saturated rings. The molecule has 0 spiro atoms. The van der Waals surface area contributed by atoms with Gasteiger partial charge in [0.1, 0.15) is 0 Å². The van der Waals surface area contributed by atoms with E-state index in [4.69, 9.17) is 10.00 Å². The maximum atomic E-state index is 11.9. The highest BCUT2D eigenvalue weighted by Crippen LogP contribution is 2.24. The molecule has 0 N–H and O–H groups in total. The molecule has 5 heteroatoms. The molecule has 1 aliphatic heterocycles. The third-order valence-corrected chi connectivity index (χ3v) is 4.65. The average Bonchev–Trinajstić information content (AvgIpc) is 2.68. The Bertz CT molecular complexity index is 818. The van der Waals surface area contributed by atoms with Gasteiger partial charge in [-0.3, -0.25) is 4.79 Å². The number of Topliss-reactive ketones (excluding diaryl/α,β-unsaturated/α-hetero) is 1. The third kappa shape index (κ3) is 4.04. The van der Waals surface area contributed by atoms with Crippen molar-refractivity contribution in [2.24, 2.45) is 0 Å². The van der Waals surface area contributed by atoms with E-state index in [9.17, 15) is 4.79 Å². The number of anilines is 2. The minimum absolute atomic E-state index is 0.000921. The summed E-state index contributed by atoms with van der Waals surface area (Å²) < 4.78 is 5.40. The third-order valence-electron chi connectivity index (χ3n) is 4.65. The number of ether oxygens (including phenoxy) is 1. The Morgan fingerprint density at radius 1 is 1.19 bits per heavy atom. The maximum Gasteiger partial charge on any atom is 0.161 e. The van der Waals surface area contributed by atoms with Crippen LogP contribution in [0.5, 0.6) is 0 Å². The second-order valence-electron chi connectivity index (χ2n) is 6.52. The lowest BCUT2D eigenvalue weighted by Gasteiger charge is -2.29. The van der Waals surface area contributed by atoms with Crippen molar-refractivity contribution >= 4 is 17.2 Å². The lowest BCUT2D eigenvalue weighted by molar-refractivity contribution is 0.101. The summed E-state index contributed by atoms with van der Waals surface area (Å²) in [5.41, 5.74) is 4.33. The van der Waals surface area contributed by atoms with Crippen molar-refractivity contribution in [1.29, 1.82) is 5.26 Å². The van der Waals surface area contributed by atoms with Crippen LogP contribution >= 0.6 is 0 Å². The van der Waals surface area contributed by atoms with E-state index in [1.165, 1.54) is 5.69 Å². The van der Waals surface area contributed by atoms with Gasteiger partial charge < -0.3 is 14.5 Å². The van der Waals surface area contributed by atoms with Crippen LogP contribution in [0.4, 0.5) is 11.4 Å². The minimum atomic E-state index is -0.000921. The highest BCUT2D eigenvalue weighted by atomic mass is 16.5. The Hall–Kier alpha value is -2.84. The van der Waals surface area contributed by atoms with Crippen LogP contribution in [0.15, 0.2) is 42.5 Å². The molecule has 5 nitrogen and oxygen atoms in total. The maximum absolute atomic E-state index is 11.9. The first-order chi connectivity index (χ1) is 12.6. The number of hydrogen-bond acceptors (Lipinski definition) is 5. The minimum Gasteiger partial charge on any atom is -0.378 e. The number of rotatable bonds is 5. The summed E-state index contributed by atoms with van der Waals surface area (Å²) >= 11 is 0. The molecule has 0 amide bonds. The summed E-state index contributed by atoms with van der Waals surface area (Å²) in [7, 11) is 1.94. The zero-order valence-electron chi connectivity index (χ0n) is 15.2. The number of morpholine rings is 1. The van der Waals surface area contributed by atoms with E-state index < -0.39 is 0 Å². The number of ketones is 1. The van der Waals surface area contributed by atoms with Crippen LogP contribution in [-0.2, 0) is 11.3 Å². The molecule has 0 saturated carbocycles. The highest BCUT2D eigenvalue weighted by molar-refractivity contribution is 6.00. The molecule has 0 radical (unpaired) electrons. The van der Waals surface area contributed by atoms with Crippen molar-refractivity contribution in [3.8, 4) is 6.07 Å². The number of nitrogens with zero attached hydrogens (tertiary/aromatic N) is 3. The highest BCUT2D eigenvalue weighted by Gasteiger charge is 2.14. The molecule has 2 aromatic carbocycles. The van der Waals surface area contributed by atoms with Gasteiger partial charge in [0.2, 0.25) is 0 Å². The molecule has 134 valence electrons. The van der Waals surface area contributed by atoms with Crippen LogP contribution < -0.4 is 9.80 Å². The molecule has 0 unspecified atom stereocenters. The molecule has 0 atom stereocenters. The van der Waals surface area contributed by atoms with Gasteiger partial charge in [-0.2, -0.15) is 5.26 Å². The lowest BCUT2D eigenvalue weighted by atomic mass is 10.0. The predicted molar refractivity (Wildman–Crippen MR) is 103 cm³/mol. The fourth-order valence-electron chi connectivity index (χ4n) is 3.21. The fourth-order valence-corrected chi connectivity index (χ4v) is 3.21. The summed E-state index contributed by atoms with van der Waals surface area (Å²) in [5.74, 6) is -0.000921. The summed E-state index contributed by atoms with van der Waals surface area (Å²) in [6.07, 6.45) is 0. The van der Waals surface area contributed by atoms with Crippen molar-refractivity contribution in [2.45, 2.75) is 13.5 Å². The molecule has 0 bridgehead atoms. The van der Waals surface area contributed by atoms with Crippen molar-refractivity contribution in [3.05, 3.63) is 59.2 Å². The van der Waals surface area contributed by atoms with E-state index in [2.05, 4.69) is 35.2 Å². The van der Waals surface area contributed by atoms with E-state index in [1.54, 1.807) is 25.1 Å². The molecule has 3 rings (SSSR count). The Balaban J connectivity index is 1.76. The molecule has 0 aromatic heterocycles. The number of nitriles is 1. The van der Waals surface area contributed by atoms with E-state index in [0.29, 0.717) is 17.7 Å². The van der Waals surface area contributed by atoms with Crippen LogP contribution in [0.2, 0.25) is 0 Å². The lowest BCUT2D eigenvalue weighted by Crippen LogP contribution is -2.36. The molecule has 0 aliphatic carbocycles. The monoisotopic (exact) mass is 349 g/mol. The van der Waals surface area contributed by atoms with Gasteiger partial charge in [0.15, 0.2) is 5.78 Å². The van der Waals surface area contributed by atoms with Crippen molar-refractivity contribution in [1.82, 2.24) is 0 Å². The second kappa shape index (κ2) is 8.03. The van der Waals surface area contributed by atoms with Gasteiger partial charge in [0, 0.05) is 43.6 Å². The predicted octanol–water partition coefficient (Wildman–Crippen LogP) is 3.23. The summed E-state index contributed by atoms with van der Waals surface area (Å²) in [6, 6.07) is 15.8. The Morgan fingerprint density at radius 3 is 2.50 bits per heavy atom. The largest absolute Gasteiger partial charge is 0.378 e. The molecule has 26 heavy (non-hydrogen) atoms. The van der Waals surface area contributed by atoms with Crippen molar-refractivity contribution < 1.29 is 9.53 Å². The summed E-state index contributed by atoms with van der Waals surface area (Å²) in [5, 5.41) is 9.15. The van der Waals surface area contributed by atoms with Crippen LogP contribution in [0.25, 0.3) is 0 Å². The van der Waals surface area contributed by atoms with E-state index in [-0.39, 0.29) is 5.78 Å². The Labute approximate surface area is 154 Å². The van der Waals surface area contributed by atoms with Gasteiger partial charge in [0.25, 0.3) is 0 Å². The summed E-state index contributed by atoms with van der Waals surface area (Å²) in [4.78, 5) is 16.3. The van der Waals surface area contributed by atoms with Crippen LogP contribution in [0.1, 0.15) is 28.4 Å². The van der Waals surface area contributed by atoms with E-state index >= 15 is 0 Å². The Kier molecular flexibility index (Phi) is 5.55. The van der Waals surface area contributed by atoms with Gasteiger partial charge in [-0.05, 0) is 42.8 Å². The molecular formula is C21H23N3O2. The topological polar surface area (TPSA) is 56.6 Å². The summed E-state index contributed by atoms with van der Waals surface area (Å²) in [6.45, 7) is 5.60. The van der Waals surface area contributed by atoms with E-state index in [1.807, 2.05) is 11.9 Å². The molecule has 2 aromatic rings. The number of carbonyl (C=O) groups is 1. The number of benzene rings is 2. The smallest absolute Gasteiger partial charge is 0.161 e. The second-order valence-corrected chi connectivity index (χ2v) is 6.52. The molecule has 1 heterocycles. The quantitative estimate of drug-likeness (QED) is 0.776. The number of carbonyl (C=O) groups excluding carboxylic acids is 1. The van der Waals surface area contributed by atoms with Gasteiger partial charge >= 0.3 is 0 Å². The SMILES string of the molecule is CC(=O)c1ccc(C#N)cc1N(C)Cc1ccc(N2CCOCC2)cc1. The average molecular weight is 349 g/mol. The standard InChI is InChI=1S/C21H23N3O2/c1-16(25)20-8-5-18(14-22)13-21(20)23(2)15-17-3-6-19(7-4-17)24-9-11-26-12-10-24/h3-8,13H,9-12,15H2,1-2H3. The van der Waals surface area contributed by atoms with Crippen LogP contribution in [0.3, 0.4) is 0 Å². The zero-order valence-corrected chi connectivity index (χ0v) is 15.2. The van der Waals surface area contributed by atoms with Crippen LogP contribution in [0, 0.1) is 11.3 Å². The van der Waals surface area contributed by atoms with Crippen molar-refractivity contribution in [2.75, 3.05) is 43.2 Å². The van der Waals surface area contributed by atoms with Crippen LogP contribution in [-0.4, -0.2) is 39.1 Å². The first-order valence-corrected chi connectivity index (χ1v) is 8.76. The van der Waals surface area contributed by atoms with Crippen molar-refractivity contribution in [3.63, 3.8) is 0 Å². The molecule has 1 aliphatic rings. The first kappa shape index (κ1) is 18.0. The van der Waals surface area contributed by atoms with E-state index in [0.717, 1.165) is 37.6 Å². The zero-order chi connectivity index (χ0) is 18.5. The van der Waals surface area contributed by atoms with Gasteiger partial charge in [-0.1, -0.05) is 12.1 Å². The first-order valence-electron chi connectivity index (χ1n) is 8.76. The molecular weight excluding hydrogens is 326 g/mol. The molecule has 1 saturated heterocycles. The van der Waals surface area contributed by atoms with Gasteiger partial charge in [-0.15, -0.1) is 0 Å². The normalized spacial score (nSPS) is 14.0. The Morgan fingerprint density at radius 2 is 1.88 bits per heavy atom.